The van der Waals surface area contributed by atoms with E-state index in [1.54, 1.807) is 0 Å². The second-order valence-electron chi connectivity index (χ2n) is 9.56. The van der Waals surface area contributed by atoms with E-state index in [1.165, 1.54) is 5.56 Å². The molecule has 2 N–H and O–H groups in total. The Kier molecular flexibility index (Phi) is 10.3. The summed E-state index contributed by atoms with van der Waals surface area (Å²) in [6.07, 6.45) is 10.2. The van der Waals surface area contributed by atoms with Gasteiger partial charge >= 0.3 is 0 Å². The molecule has 0 radical (unpaired) electrons. The summed E-state index contributed by atoms with van der Waals surface area (Å²) in [5.41, 5.74) is 10.5. The smallest absolute Gasteiger partial charge is 0.254 e. The average molecular weight is 519 g/mol. The summed E-state index contributed by atoms with van der Waals surface area (Å²) in [6.45, 7) is 11.8. The summed E-state index contributed by atoms with van der Waals surface area (Å²) < 4.78 is 2.24. The molecule has 2 aromatic carbocycles. The van der Waals surface area contributed by atoms with E-state index in [1.807, 2.05) is 86.4 Å². The highest BCUT2D eigenvalue weighted by Gasteiger charge is 2.33. The van der Waals surface area contributed by atoms with E-state index in [4.69, 9.17) is 22.3 Å². The molecule has 0 saturated heterocycles. The van der Waals surface area contributed by atoms with Crippen molar-refractivity contribution in [3.8, 4) is 0 Å². The zero-order chi connectivity index (χ0) is 26.9. The van der Waals surface area contributed by atoms with Crippen molar-refractivity contribution < 1.29 is 4.79 Å². The van der Waals surface area contributed by atoms with E-state index in [0.717, 1.165) is 22.4 Å². The van der Waals surface area contributed by atoms with Crippen LogP contribution in [-0.4, -0.2) is 33.4 Å². The van der Waals surface area contributed by atoms with E-state index in [2.05, 4.69) is 30.5 Å². The molecule has 3 rings (SSSR count). The first-order valence-corrected chi connectivity index (χ1v) is 13.4. The molecule has 0 bridgehead atoms. The van der Waals surface area contributed by atoms with Crippen molar-refractivity contribution in [2.45, 2.75) is 53.6 Å². The van der Waals surface area contributed by atoms with Crippen LogP contribution in [0.2, 0.25) is 5.02 Å². The molecule has 3 aromatic rings. The van der Waals surface area contributed by atoms with Gasteiger partial charge in [-0.3, -0.25) is 4.79 Å². The molecule has 37 heavy (non-hydrogen) atoms. The molecule has 1 unspecified atom stereocenters. The summed E-state index contributed by atoms with van der Waals surface area (Å²) in [5, 5.41) is 0.685. The minimum Gasteiger partial charge on any atom is -0.330 e. The van der Waals surface area contributed by atoms with Crippen LogP contribution in [0, 0.1) is 12.8 Å². The normalized spacial score (nSPS) is 13.4. The number of fused-ring (bicyclic) bond motifs is 1. The summed E-state index contributed by atoms with van der Waals surface area (Å²) in [4.78, 5) is 21.2. The van der Waals surface area contributed by atoms with Gasteiger partial charge in [0, 0.05) is 23.7 Å². The van der Waals surface area contributed by atoms with Crippen molar-refractivity contribution in [3.05, 3.63) is 100 Å². The fraction of sp³-hybridized carbons (Fsp3) is 0.355. The minimum atomic E-state index is -0.257. The zero-order valence-corrected chi connectivity index (χ0v) is 23.4. The average Bonchev–Trinajstić information content (AvgIpc) is 3.24. The van der Waals surface area contributed by atoms with E-state index >= 15 is 0 Å². The lowest BCUT2D eigenvalue weighted by Crippen LogP contribution is -2.40. The number of halogens is 1. The number of nitrogens with two attached hydrogens (primary N) is 1. The van der Waals surface area contributed by atoms with Crippen LogP contribution in [0.1, 0.15) is 57.1 Å². The number of carbonyl (C=O) groups excluding carboxylic acids is 1. The molecular weight excluding hydrogens is 480 g/mol. The third kappa shape index (κ3) is 6.60. The predicted octanol–water partition coefficient (Wildman–Crippen LogP) is 7.00. The monoisotopic (exact) mass is 518 g/mol. The first kappa shape index (κ1) is 28.4. The first-order chi connectivity index (χ1) is 17.8. The Morgan fingerprint density at radius 1 is 1.14 bits per heavy atom. The highest BCUT2D eigenvalue weighted by molar-refractivity contribution is 6.32. The number of carbonyl (C=O) groups is 1. The lowest BCUT2D eigenvalue weighted by atomic mass is 9.99. The Morgan fingerprint density at radius 2 is 1.86 bits per heavy atom. The van der Waals surface area contributed by atoms with Crippen molar-refractivity contribution in [2.75, 3.05) is 13.1 Å². The molecule has 5 nitrogen and oxygen atoms in total. The van der Waals surface area contributed by atoms with Gasteiger partial charge in [0.15, 0.2) is 0 Å². The van der Waals surface area contributed by atoms with Crippen LogP contribution in [0.5, 0.6) is 0 Å². The van der Waals surface area contributed by atoms with Crippen LogP contribution in [0.4, 0.5) is 0 Å². The molecule has 0 saturated carbocycles. The van der Waals surface area contributed by atoms with Crippen LogP contribution in [0.15, 0.2) is 78.4 Å². The molecule has 1 amide bonds. The SMILES string of the molecule is C\C=C/C(=C\C=C\C)C(=O)N(CCCN)C(c1nc2c(C)c(Cl)ccc2n1Cc1ccccc1)C(C)C. The topological polar surface area (TPSA) is 64.2 Å². The molecule has 0 aliphatic heterocycles. The molecule has 0 spiro atoms. The van der Waals surface area contributed by atoms with Gasteiger partial charge in [0.05, 0.1) is 17.1 Å². The van der Waals surface area contributed by atoms with Crippen molar-refractivity contribution >= 4 is 28.5 Å². The van der Waals surface area contributed by atoms with Gasteiger partial charge in [-0.05, 0) is 69.0 Å². The second-order valence-corrected chi connectivity index (χ2v) is 9.97. The third-order valence-electron chi connectivity index (χ3n) is 6.48. The summed E-state index contributed by atoms with van der Waals surface area (Å²) in [7, 11) is 0. The quantitative estimate of drug-likeness (QED) is 0.219. The maximum atomic E-state index is 14.0. The number of amides is 1. The van der Waals surface area contributed by atoms with Crippen molar-refractivity contribution in [2.24, 2.45) is 11.7 Å². The Labute approximate surface area is 226 Å². The number of hydrogen-bond acceptors (Lipinski definition) is 3. The molecule has 196 valence electrons. The fourth-order valence-electron chi connectivity index (χ4n) is 4.65. The first-order valence-electron chi connectivity index (χ1n) is 13.0. The number of aromatic nitrogens is 2. The highest BCUT2D eigenvalue weighted by Crippen LogP contribution is 2.35. The minimum absolute atomic E-state index is 0.0311. The van der Waals surface area contributed by atoms with Gasteiger partial charge in [0.2, 0.25) is 0 Å². The number of rotatable bonds is 11. The highest BCUT2D eigenvalue weighted by atomic mass is 35.5. The maximum absolute atomic E-state index is 14.0. The molecule has 1 aromatic heterocycles. The zero-order valence-electron chi connectivity index (χ0n) is 22.6. The van der Waals surface area contributed by atoms with E-state index in [9.17, 15) is 4.79 Å². The van der Waals surface area contributed by atoms with Gasteiger partial charge in [-0.1, -0.05) is 80.1 Å². The fourth-order valence-corrected chi connectivity index (χ4v) is 4.80. The number of benzene rings is 2. The van der Waals surface area contributed by atoms with E-state index < -0.39 is 0 Å². The predicted molar refractivity (Wildman–Crippen MR) is 156 cm³/mol. The van der Waals surface area contributed by atoms with Crippen LogP contribution >= 0.6 is 11.6 Å². The van der Waals surface area contributed by atoms with Gasteiger partial charge in [-0.15, -0.1) is 0 Å². The van der Waals surface area contributed by atoms with Crippen molar-refractivity contribution in [1.29, 1.82) is 0 Å². The van der Waals surface area contributed by atoms with Gasteiger partial charge in [0.25, 0.3) is 5.91 Å². The van der Waals surface area contributed by atoms with Gasteiger partial charge < -0.3 is 15.2 Å². The van der Waals surface area contributed by atoms with Gasteiger partial charge in [-0.25, -0.2) is 4.98 Å². The van der Waals surface area contributed by atoms with E-state index in [0.29, 0.717) is 36.7 Å². The summed E-state index contributed by atoms with van der Waals surface area (Å²) in [6, 6.07) is 14.0. The Hall–Kier alpha value is -3.15. The molecular formula is C31H39ClN4O. The number of allylic oxidation sites excluding steroid dienone is 4. The summed E-state index contributed by atoms with van der Waals surface area (Å²) in [5.74, 6) is 0.935. The van der Waals surface area contributed by atoms with Crippen LogP contribution in [0.25, 0.3) is 11.0 Å². The molecule has 6 heteroatoms. The third-order valence-corrected chi connectivity index (χ3v) is 6.89. The van der Waals surface area contributed by atoms with Gasteiger partial charge in [0.1, 0.15) is 5.82 Å². The number of aryl methyl sites for hydroxylation is 1. The Balaban J connectivity index is 2.25. The Bertz CT molecular complexity index is 1290. The van der Waals surface area contributed by atoms with Crippen LogP contribution in [0.3, 0.4) is 0 Å². The number of hydrogen-bond donors (Lipinski definition) is 1. The molecule has 0 aliphatic carbocycles. The van der Waals surface area contributed by atoms with Crippen molar-refractivity contribution in [1.82, 2.24) is 14.5 Å². The lowest BCUT2D eigenvalue weighted by molar-refractivity contribution is -0.130. The van der Waals surface area contributed by atoms with E-state index in [-0.39, 0.29) is 17.9 Å². The lowest BCUT2D eigenvalue weighted by Gasteiger charge is -2.35. The second kappa shape index (κ2) is 13.4. The van der Waals surface area contributed by atoms with Crippen molar-refractivity contribution in [3.63, 3.8) is 0 Å². The molecule has 0 aliphatic rings. The number of imidazole rings is 1. The number of nitrogens with zero attached hydrogens (tertiary/aromatic N) is 3. The standard InChI is InChI=1S/C31H39ClN4O/c1-6-8-16-25(13-7-2)31(37)35(20-12-19-33)29(22(3)4)30-34-28-23(5)26(32)17-18-27(28)36(30)21-24-14-10-9-11-15-24/h6-11,13-18,22,29H,12,19-21,33H2,1-5H3/b8-6+,13-7-,25-16+. The van der Waals surface area contributed by atoms with Crippen LogP contribution in [-0.2, 0) is 11.3 Å². The summed E-state index contributed by atoms with van der Waals surface area (Å²) >= 11 is 6.51. The Morgan fingerprint density at radius 3 is 2.49 bits per heavy atom. The molecule has 1 heterocycles. The maximum Gasteiger partial charge on any atom is 0.254 e. The van der Waals surface area contributed by atoms with Crippen LogP contribution < -0.4 is 5.73 Å². The molecule has 1 atom stereocenters. The van der Waals surface area contributed by atoms with Gasteiger partial charge in [-0.2, -0.15) is 0 Å². The molecule has 0 fully saturated rings. The largest absolute Gasteiger partial charge is 0.330 e.